The molecule has 2 aromatic rings. The molecule has 0 aliphatic heterocycles. The van der Waals surface area contributed by atoms with Gasteiger partial charge in [0.05, 0.1) is 12.7 Å². The summed E-state index contributed by atoms with van der Waals surface area (Å²) in [7, 11) is 1.32. The zero-order valence-corrected chi connectivity index (χ0v) is 17.1. The highest BCUT2D eigenvalue weighted by Gasteiger charge is 2.33. The van der Waals surface area contributed by atoms with Gasteiger partial charge >= 0.3 is 5.97 Å². The number of nitrogens with zero attached hydrogens (tertiary/aromatic N) is 2. The van der Waals surface area contributed by atoms with E-state index in [1.807, 2.05) is 39.8 Å². The molecule has 0 saturated heterocycles. The molecule has 0 radical (unpaired) electrons. The average Bonchev–Trinajstić information content (AvgIpc) is 2.60. The van der Waals surface area contributed by atoms with Crippen LogP contribution in [0, 0.1) is 25.2 Å². The summed E-state index contributed by atoms with van der Waals surface area (Å²) < 4.78 is 11.0. The summed E-state index contributed by atoms with van der Waals surface area (Å²) >= 11 is 6.03. The standard InChI is InChI=1S/C21H23ClN2O3/c1-12-16(11-23)24-13(2)18(17(12)14-7-9-15(22)10-8-14)19(20(25)26-6)27-21(3,4)5/h7-10,19H,1-6H3/t19-/m0/s1. The Balaban J connectivity index is 2.84. The van der Waals surface area contributed by atoms with E-state index < -0.39 is 17.7 Å². The van der Waals surface area contributed by atoms with Crippen LogP contribution in [0.1, 0.15) is 49.4 Å². The second-order valence-corrected chi connectivity index (χ2v) is 7.65. The lowest BCUT2D eigenvalue weighted by Gasteiger charge is -2.29. The molecule has 0 saturated carbocycles. The molecule has 5 nitrogen and oxygen atoms in total. The van der Waals surface area contributed by atoms with Gasteiger partial charge in [-0.1, -0.05) is 23.7 Å². The van der Waals surface area contributed by atoms with E-state index in [9.17, 15) is 10.1 Å². The van der Waals surface area contributed by atoms with E-state index in [-0.39, 0.29) is 0 Å². The molecule has 0 N–H and O–H groups in total. The van der Waals surface area contributed by atoms with Gasteiger partial charge in [-0.05, 0) is 63.4 Å². The maximum atomic E-state index is 12.6. The SMILES string of the molecule is COC(=O)[C@@H](OC(C)(C)C)c1c(C)nc(C#N)c(C)c1-c1ccc(Cl)cc1. The van der Waals surface area contributed by atoms with Crippen molar-refractivity contribution in [2.45, 2.75) is 46.3 Å². The summed E-state index contributed by atoms with van der Waals surface area (Å²) in [6, 6.07) is 9.34. The second kappa shape index (κ2) is 8.08. The number of esters is 1. The van der Waals surface area contributed by atoms with Crippen LogP contribution < -0.4 is 0 Å². The number of aromatic nitrogens is 1. The zero-order chi connectivity index (χ0) is 20.4. The first-order chi connectivity index (χ1) is 12.6. The number of carbonyl (C=O) groups is 1. The number of aryl methyl sites for hydroxylation is 1. The van der Waals surface area contributed by atoms with Crippen molar-refractivity contribution in [1.82, 2.24) is 4.98 Å². The summed E-state index contributed by atoms with van der Waals surface area (Å²) in [6.07, 6.45) is -0.973. The van der Waals surface area contributed by atoms with E-state index in [0.29, 0.717) is 27.5 Å². The van der Waals surface area contributed by atoms with Gasteiger partial charge in [-0.2, -0.15) is 5.26 Å². The Hall–Kier alpha value is -2.42. The van der Waals surface area contributed by atoms with Crippen molar-refractivity contribution in [1.29, 1.82) is 5.26 Å². The van der Waals surface area contributed by atoms with Crippen LogP contribution in [0.4, 0.5) is 0 Å². The summed E-state index contributed by atoms with van der Waals surface area (Å²) in [5.41, 5.74) is 3.07. The van der Waals surface area contributed by atoms with Crippen molar-refractivity contribution >= 4 is 17.6 Å². The first kappa shape index (κ1) is 20.9. The van der Waals surface area contributed by atoms with Gasteiger partial charge in [-0.3, -0.25) is 0 Å². The van der Waals surface area contributed by atoms with Gasteiger partial charge in [-0.15, -0.1) is 0 Å². The minimum absolute atomic E-state index is 0.306. The Morgan fingerprint density at radius 2 is 1.81 bits per heavy atom. The number of hydrogen-bond donors (Lipinski definition) is 0. The molecule has 0 unspecified atom stereocenters. The topological polar surface area (TPSA) is 72.2 Å². The molecule has 0 aliphatic rings. The molecular weight excluding hydrogens is 364 g/mol. The molecule has 0 fully saturated rings. The van der Waals surface area contributed by atoms with E-state index in [1.54, 1.807) is 19.1 Å². The van der Waals surface area contributed by atoms with Crippen LogP contribution in [0.5, 0.6) is 0 Å². The molecule has 0 spiro atoms. The van der Waals surface area contributed by atoms with Gasteiger partial charge in [0, 0.05) is 16.3 Å². The van der Waals surface area contributed by atoms with Crippen LogP contribution >= 0.6 is 11.6 Å². The van der Waals surface area contributed by atoms with Crippen LogP contribution in [-0.2, 0) is 14.3 Å². The van der Waals surface area contributed by atoms with E-state index in [4.69, 9.17) is 21.1 Å². The molecule has 1 aromatic heterocycles. The summed E-state index contributed by atoms with van der Waals surface area (Å²) in [4.78, 5) is 17.0. The molecule has 2 rings (SSSR count). The molecule has 0 aliphatic carbocycles. The Bertz CT molecular complexity index is 894. The van der Waals surface area contributed by atoms with Crippen LogP contribution in [0.15, 0.2) is 24.3 Å². The monoisotopic (exact) mass is 386 g/mol. The first-order valence-electron chi connectivity index (χ1n) is 8.51. The quantitative estimate of drug-likeness (QED) is 0.697. The number of rotatable bonds is 4. The third-order valence-corrected chi connectivity index (χ3v) is 4.31. The molecule has 27 heavy (non-hydrogen) atoms. The molecule has 1 atom stereocenters. The minimum Gasteiger partial charge on any atom is -0.467 e. The average molecular weight is 387 g/mol. The lowest BCUT2D eigenvalue weighted by molar-refractivity contribution is -0.164. The molecule has 1 heterocycles. The second-order valence-electron chi connectivity index (χ2n) is 7.21. The Kier molecular flexibility index (Phi) is 6.25. The lowest BCUT2D eigenvalue weighted by Crippen LogP contribution is -2.29. The third-order valence-electron chi connectivity index (χ3n) is 4.06. The molecule has 0 bridgehead atoms. The van der Waals surface area contributed by atoms with Gasteiger partial charge in [0.1, 0.15) is 11.8 Å². The van der Waals surface area contributed by atoms with E-state index >= 15 is 0 Å². The number of nitriles is 1. The van der Waals surface area contributed by atoms with Crippen LogP contribution in [-0.4, -0.2) is 23.7 Å². The number of pyridine rings is 1. The van der Waals surface area contributed by atoms with Crippen LogP contribution in [0.3, 0.4) is 0 Å². The van der Waals surface area contributed by atoms with Gasteiger partial charge in [0.25, 0.3) is 0 Å². The number of ether oxygens (including phenoxy) is 2. The van der Waals surface area contributed by atoms with E-state index in [2.05, 4.69) is 11.1 Å². The minimum atomic E-state index is -0.973. The Labute approximate surface area is 164 Å². The first-order valence-corrected chi connectivity index (χ1v) is 8.89. The summed E-state index contributed by atoms with van der Waals surface area (Å²) in [5, 5.41) is 10.1. The van der Waals surface area contributed by atoms with Gasteiger partial charge < -0.3 is 9.47 Å². The predicted octanol–water partition coefficient (Wildman–Crippen LogP) is 4.92. The third kappa shape index (κ3) is 4.65. The summed E-state index contributed by atoms with van der Waals surface area (Å²) in [6.45, 7) is 9.17. The van der Waals surface area contributed by atoms with Crippen molar-refractivity contribution in [3.8, 4) is 17.2 Å². The Morgan fingerprint density at radius 1 is 1.22 bits per heavy atom. The van der Waals surface area contributed by atoms with E-state index in [1.165, 1.54) is 7.11 Å². The van der Waals surface area contributed by atoms with Crippen LogP contribution in [0.25, 0.3) is 11.1 Å². The number of hydrogen-bond acceptors (Lipinski definition) is 5. The molecular formula is C21H23ClN2O3. The van der Waals surface area contributed by atoms with Crippen molar-refractivity contribution < 1.29 is 14.3 Å². The van der Waals surface area contributed by atoms with Crippen LogP contribution in [0.2, 0.25) is 5.02 Å². The fraction of sp³-hybridized carbons (Fsp3) is 0.381. The number of carbonyl (C=O) groups excluding carboxylic acids is 1. The maximum Gasteiger partial charge on any atom is 0.339 e. The predicted molar refractivity (Wildman–Crippen MR) is 104 cm³/mol. The number of methoxy groups -OCH3 is 1. The fourth-order valence-corrected chi connectivity index (χ4v) is 3.04. The normalized spacial score (nSPS) is 12.4. The van der Waals surface area contributed by atoms with Crippen molar-refractivity contribution in [3.05, 3.63) is 51.8 Å². The highest BCUT2D eigenvalue weighted by molar-refractivity contribution is 6.30. The van der Waals surface area contributed by atoms with Crippen molar-refractivity contribution in [2.75, 3.05) is 7.11 Å². The highest BCUT2D eigenvalue weighted by Crippen LogP contribution is 2.38. The van der Waals surface area contributed by atoms with E-state index in [0.717, 1.165) is 11.1 Å². The largest absolute Gasteiger partial charge is 0.467 e. The van der Waals surface area contributed by atoms with Gasteiger partial charge in [0.15, 0.2) is 6.10 Å². The zero-order valence-electron chi connectivity index (χ0n) is 16.4. The molecule has 0 amide bonds. The van der Waals surface area contributed by atoms with Gasteiger partial charge in [-0.25, -0.2) is 9.78 Å². The number of halogens is 1. The van der Waals surface area contributed by atoms with Crippen molar-refractivity contribution in [2.24, 2.45) is 0 Å². The van der Waals surface area contributed by atoms with Crippen molar-refractivity contribution in [3.63, 3.8) is 0 Å². The summed E-state index contributed by atoms with van der Waals surface area (Å²) in [5.74, 6) is -0.519. The molecule has 6 heteroatoms. The lowest BCUT2D eigenvalue weighted by atomic mass is 9.90. The maximum absolute atomic E-state index is 12.6. The molecule has 142 valence electrons. The number of benzene rings is 1. The fourth-order valence-electron chi connectivity index (χ4n) is 2.92. The smallest absolute Gasteiger partial charge is 0.339 e. The highest BCUT2D eigenvalue weighted by atomic mass is 35.5. The molecule has 1 aromatic carbocycles. The Morgan fingerprint density at radius 3 is 2.30 bits per heavy atom. The van der Waals surface area contributed by atoms with Gasteiger partial charge in [0.2, 0.25) is 0 Å².